The Morgan fingerprint density at radius 1 is 1.27 bits per heavy atom. The summed E-state index contributed by atoms with van der Waals surface area (Å²) in [4.78, 5) is 11.2. The van der Waals surface area contributed by atoms with Gasteiger partial charge in [-0.1, -0.05) is 6.92 Å². The van der Waals surface area contributed by atoms with Crippen LogP contribution in [0.15, 0.2) is 0 Å². The van der Waals surface area contributed by atoms with E-state index in [9.17, 15) is 4.79 Å². The number of carbonyl (C=O) groups is 1. The lowest BCUT2D eigenvalue weighted by atomic mass is 9.83. The Hall–Kier alpha value is -0.530. The number of amides is 1. The van der Waals surface area contributed by atoms with E-state index in [0.717, 1.165) is 18.8 Å². The molecule has 0 bridgehead atoms. The van der Waals surface area contributed by atoms with E-state index in [1.54, 1.807) is 7.05 Å². The standard InChI is InChI=1S/C9H17NO/c1-7-3-5-8(6-4-7)9(11)10-2/h7-8H,3-6H2,1-2H3,(H,10,11)/t7-,8-. The van der Waals surface area contributed by atoms with Gasteiger partial charge >= 0.3 is 0 Å². The van der Waals surface area contributed by atoms with Crippen molar-refractivity contribution in [3.05, 3.63) is 0 Å². The van der Waals surface area contributed by atoms with Crippen LogP contribution in [-0.4, -0.2) is 13.0 Å². The van der Waals surface area contributed by atoms with Crippen LogP contribution in [-0.2, 0) is 4.79 Å². The summed E-state index contributed by atoms with van der Waals surface area (Å²) in [5, 5.41) is 2.71. The van der Waals surface area contributed by atoms with Crippen LogP contribution >= 0.6 is 0 Å². The van der Waals surface area contributed by atoms with E-state index in [2.05, 4.69) is 12.2 Å². The minimum Gasteiger partial charge on any atom is -0.359 e. The number of nitrogens with one attached hydrogen (secondary N) is 1. The molecule has 0 aromatic heterocycles. The molecule has 0 aliphatic heterocycles. The molecule has 1 rings (SSSR count). The Morgan fingerprint density at radius 3 is 2.27 bits per heavy atom. The third-order valence-electron chi connectivity index (χ3n) is 2.63. The third-order valence-corrected chi connectivity index (χ3v) is 2.63. The fraction of sp³-hybridized carbons (Fsp3) is 0.889. The molecular weight excluding hydrogens is 138 g/mol. The molecule has 0 spiro atoms. The van der Waals surface area contributed by atoms with Crippen LogP contribution in [0.2, 0.25) is 0 Å². The molecule has 0 unspecified atom stereocenters. The lowest BCUT2D eigenvalue weighted by Crippen LogP contribution is -2.30. The molecule has 0 atom stereocenters. The summed E-state index contributed by atoms with van der Waals surface area (Å²) in [6.07, 6.45) is 4.61. The van der Waals surface area contributed by atoms with Crippen LogP contribution in [0.1, 0.15) is 32.6 Å². The van der Waals surface area contributed by atoms with E-state index >= 15 is 0 Å². The SMILES string of the molecule is CNC(=O)[C@H]1CC[C@H](C)CC1. The van der Waals surface area contributed by atoms with Crippen molar-refractivity contribution >= 4 is 5.91 Å². The summed E-state index contributed by atoms with van der Waals surface area (Å²) in [5.41, 5.74) is 0. The Balaban J connectivity index is 2.33. The van der Waals surface area contributed by atoms with Crippen molar-refractivity contribution in [1.29, 1.82) is 0 Å². The number of hydrogen-bond donors (Lipinski definition) is 1. The zero-order chi connectivity index (χ0) is 8.27. The van der Waals surface area contributed by atoms with Gasteiger partial charge in [-0.25, -0.2) is 0 Å². The van der Waals surface area contributed by atoms with Crippen molar-refractivity contribution in [1.82, 2.24) is 5.32 Å². The van der Waals surface area contributed by atoms with Crippen molar-refractivity contribution < 1.29 is 4.79 Å². The van der Waals surface area contributed by atoms with Gasteiger partial charge in [-0.05, 0) is 31.6 Å². The Bertz CT molecular complexity index is 136. The molecular formula is C9H17NO. The average molecular weight is 155 g/mol. The minimum absolute atomic E-state index is 0.233. The maximum Gasteiger partial charge on any atom is 0.222 e. The van der Waals surface area contributed by atoms with Gasteiger partial charge in [0.05, 0.1) is 0 Å². The van der Waals surface area contributed by atoms with Crippen molar-refractivity contribution in [2.24, 2.45) is 11.8 Å². The van der Waals surface area contributed by atoms with Gasteiger partial charge in [0.2, 0.25) is 5.91 Å². The summed E-state index contributed by atoms with van der Waals surface area (Å²) >= 11 is 0. The van der Waals surface area contributed by atoms with E-state index < -0.39 is 0 Å². The molecule has 1 saturated carbocycles. The van der Waals surface area contributed by atoms with Gasteiger partial charge in [-0.2, -0.15) is 0 Å². The van der Waals surface area contributed by atoms with E-state index in [1.807, 2.05) is 0 Å². The third kappa shape index (κ3) is 2.21. The second-order valence-electron chi connectivity index (χ2n) is 3.57. The maximum atomic E-state index is 11.2. The molecule has 11 heavy (non-hydrogen) atoms. The first-order valence-corrected chi connectivity index (χ1v) is 4.45. The summed E-state index contributed by atoms with van der Waals surface area (Å²) in [7, 11) is 1.72. The van der Waals surface area contributed by atoms with Crippen LogP contribution < -0.4 is 5.32 Å². The zero-order valence-electron chi connectivity index (χ0n) is 7.39. The van der Waals surface area contributed by atoms with Gasteiger partial charge in [0.15, 0.2) is 0 Å². The molecule has 0 aromatic carbocycles. The molecule has 1 amide bonds. The number of hydrogen-bond acceptors (Lipinski definition) is 1. The Kier molecular flexibility index (Phi) is 2.92. The molecule has 0 saturated heterocycles. The highest BCUT2D eigenvalue weighted by molar-refractivity contribution is 5.78. The van der Waals surface area contributed by atoms with Crippen LogP contribution in [0.25, 0.3) is 0 Å². The molecule has 2 nitrogen and oxygen atoms in total. The highest BCUT2D eigenvalue weighted by Crippen LogP contribution is 2.27. The number of carbonyl (C=O) groups excluding carboxylic acids is 1. The Morgan fingerprint density at radius 2 is 1.82 bits per heavy atom. The summed E-state index contributed by atoms with van der Waals surface area (Å²) < 4.78 is 0. The molecule has 1 N–H and O–H groups in total. The first-order chi connectivity index (χ1) is 5.24. The molecule has 0 aromatic rings. The van der Waals surface area contributed by atoms with Crippen LogP contribution in [0.5, 0.6) is 0 Å². The molecule has 2 heteroatoms. The molecule has 64 valence electrons. The van der Waals surface area contributed by atoms with E-state index in [4.69, 9.17) is 0 Å². The quantitative estimate of drug-likeness (QED) is 0.611. The summed E-state index contributed by atoms with van der Waals surface area (Å²) in [6.45, 7) is 2.26. The van der Waals surface area contributed by atoms with Gasteiger partial charge < -0.3 is 5.32 Å². The van der Waals surface area contributed by atoms with Crippen molar-refractivity contribution in [2.45, 2.75) is 32.6 Å². The van der Waals surface area contributed by atoms with Gasteiger partial charge in [0.1, 0.15) is 0 Å². The first kappa shape index (κ1) is 8.57. The monoisotopic (exact) mass is 155 g/mol. The highest BCUT2D eigenvalue weighted by atomic mass is 16.1. The fourth-order valence-corrected chi connectivity index (χ4v) is 1.73. The van der Waals surface area contributed by atoms with Gasteiger partial charge in [0.25, 0.3) is 0 Å². The van der Waals surface area contributed by atoms with E-state index in [0.29, 0.717) is 5.92 Å². The zero-order valence-corrected chi connectivity index (χ0v) is 7.39. The van der Waals surface area contributed by atoms with Crippen molar-refractivity contribution in [3.8, 4) is 0 Å². The van der Waals surface area contributed by atoms with Crippen molar-refractivity contribution in [3.63, 3.8) is 0 Å². The summed E-state index contributed by atoms with van der Waals surface area (Å²) in [5.74, 6) is 1.36. The lowest BCUT2D eigenvalue weighted by molar-refractivity contribution is -0.125. The predicted octanol–water partition coefficient (Wildman–Crippen LogP) is 1.56. The first-order valence-electron chi connectivity index (χ1n) is 4.45. The molecule has 1 fully saturated rings. The van der Waals surface area contributed by atoms with Crippen molar-refractivity contribution in [2.75, 3.05) is 7.05 Å². The molecule has 1 aliphatic rings. The minimum atomic E-state index is 0.233. The van der Waals surface area contributed by atoms with Crippen LogP contribution in [0.4, 0.5) is 0 Å². The normalized spacial score (nSPS) is 31.5. The molecule has 0 heterocycles. The van der Waals surface area contributed by atoms with Gasteiger partial charge in [-0.15, -0.1) is 0 Å². The second kappa shape index (κ2) is 3.74. The second-order valence-corrected chi connectivity index (χ2v) is 3.57. The highest BCUT2D eigenvalue weighted by Gasteiger charge is 2.22. The topological polar surface area (TPSA) is 29.1 Å². The van der Waals surface area contributed by atoms with Gasteiger partial charge in [0, 0.05) is 13.0 Å². The van der Waals surface area contributed by atoms with Crippen LogP contribution in [0, 0.1) is 11.8 Å². The Labute approximate surface area is 68.4 Å². The lowest BCUT2D eigenvalue weighted by Gasteiger charge is -2.24. The fourth-order valence-electron chi connectivity index (χ4n) is 1.73. The van der Waals surface area contributed by atoms with E-state index in [-0.39, 0.29) is 5.91 Å². The molecule has 1 aliphatic carbocycles. The smallest absolute Gasteiger partial charge is 0.222 e. The molecule has 0 radical (unpaired) electrons. The van der Waals surface area contributed by atoms with E-state index in [1.165, 1.54) is 12.8 Å². The van der Waals surface area contributed by atoms with Gasteiger partial charge in [-0.3, -0.25) is 4.79 Å². The summed E-state index contributed by atoms with van der Waals surface area (Å²) in [6, 6.07) is 0. The predicted molar refractivity (Wildman–Crippen MR) is 45.2 cm³/mol. The maximum absolute atomic E-state index is 11.2. The number of rotatable bonds is 1. The average Bonchev–Trinajstić information content (AvgIpc) is 2.05. The van der Waals surface area contributed by atoms with Crippen LogP contribution in [0.3, 0.4) is 0 Å². The largest absolute Gasteiger partial charge is 0.359 e.